The molecule has 108 valence electrons. The van der Waals surface area contributed by atoms with E-state index in [1.54, 1.807) is 0 Å². The molecule has 0 saturated heterocycles. The standard InChI is InChI=1S/C16H22N2O2/c1-10-6-7-11(2)12(8-10)9-15(19)18-14-5-3-4-13(14)16(17)20/h6-8,13-14H,3-5,9H2,1-2H3,(H2,17,20)(H,18,19). The molecule has 1 aliphatic rings. The predicted octanol–water partition coefficient (Wildman–Crippen LogP) is 1.62. The summed E-state index contributed by atoms with van der Waals surface area (Å²) in [6.07, 6.45) is 2.92. The third-order valence-electron chi connectivity index (χ3n) is 4.08. The van der Waals surface area contributed by atoms with Crippen molar-refractivity contribution < 1.29 is 9.59 Å². The fraction of sp³-hybridized carbons (Fsp3) is 0.500. The summed E-state index contributed by atoms with van der Waals surface area (Å²) < 4.78 is 0. The maximum absolute atomic E-state index is 12.1. The Morgan fingerprint density at radius 1 is 1.30 bits per heavy atom. The second kappa shape index (κ2) is 6.07. The first-order valence-electron chi connectivity index (χ1n) is 7.12. The van der Waals surface area contributed by atoms with Crippen LogP contribution in [0.4, 0.5) is 0 Å². The molecule has 1 saturated carbocycles. The van der Waals surface area contributed by atoms with Gasteiger partial charge in [0.2, 0.25) is 11.8 Å². The summed E-state index contributed by atoms with van der Waals surface area (Å²) in [4.78, 5) is 23.5. The zero-order chi connectivity index (χ0) is 14.7. The number of primary amides is 1. The Kier molecular flexibility index (Phi) is 4.42. The molecule has 0 aromatic heterocycles. The molecule has 4 heteroatoms. The lowest BCUT2D eigenvalue weighted by atomic mass is 10.0. The van der Waals surface area contributed by atoms with E-state index in [0.29, 0.717) is 6.42 Å². The van der Waals surface area contributed by atoms with Gasteiger partial charge >= 0.3 is 0 Å². The Morgan fingerprint density at radius 3 is 2.75 bits per heavy atom. The number of benzene rings is 1. The SMILES string of the molecule is Cc1ccc(C)c(CC(=O)NC2CCCC2C(N)=O)c1. The molecule has 4 nitrogen and oxygen atoms in total. The fourth-order valence-electron chi connectivity index (χ4n) is 2.89. The second-order valence-electron chi connectivity index (χ2n) is 5.72. The summed E-state index contributed by atoms with van der Waals surface area (Å²) in [5.74, 6) is -0.547. The summed E-state index contributed by atoms with van der Waals surface area (Å²) in [6.45, 7) is 4.02. The van der Waals surface area contributed by atoms with Crippen molar-refractivity contribution in [3.8, 4) is 0 Å². The average Bonchev–Trinajstić information content (AvgIpc) is 2.82. The van der Waals surface area contributed by atoms with Crippen LogP contribution in [-0.4, -0.2) is 17.9 Å². The molecule has 2 amide bonds. The smallest absolute Gasteiger partial charge is 0.224 e. The number of hydrogen-bond donors (Lipinski definition) is 2. The van der Waals surface area contributed by atoms with Crippen molar-refractivity contribution in [3.05, 3.63) is 34.9 Å². The van der Waals surface area contributed by atoms with Gasteiger partial charge in [-0.1, -0.05) is 30.2 Å². The van der Waals surface area contributed by atoms with E-state index in [-0.39, 0.29) is 23.8 Å². The molecule has 2 rings (SSSR count). The topological polar surface area (TPSA) is 72.2 Å². The minimum absolute atomic E-state index is 0.0307. The van der Waals surface area contributed by atoms with Gasteiger partial charge in [-0.2, -0.15) is 0 Å². The summed E-state index contributed by atoms with van der Waals surface area (Å²) in [7, 11) is 0. The van der Waals surface area contributed by atoms with Crippen LogP contribution in [0.2, 0.25) is 0 Å². The van der Waals surface area contributed by atoms with E-state index < -0.39 is 0 Å². The molecule has 0 bridgehead atoms. The van der Waals surface area contributed by atoms with Crippen LogP contribution < -0.4 is 11.1 Å². The lowest BCUT2D eigenvalue weighted by Gasteiger charge is -2.18. The van der Waals surface area contributed by atoms with E-state index in [2.05, 4.69) is 5.32 Å². The van der Waals surface area contributed by atoms with Crippen molar-refractivity contribution >= 4 is 11.8 Å². The summed E-state index contributed by atoms with van der Waals surface area (Å²) in [5.41, 5.74) is 8.67. The molecule has 2 atom stereocenters. The number of nitrogens with one attached hydrogen (secondary N) is 1. The first-order chi connectivity index (χ1) is 9.47. The van der Waals surface area contributed by atoms with Crippen molar-refractivity contribution in [2.45, 2.75) is 45.6 Å². The third-order valence-corrected chi connectivity index (χ3v) is 4.08. The van der Waals surface area contributed by atoms with Gasteiger partial charge in [0, 0.05) is 6.04 Å². The molecule has 0 aliphatic heterocycles. The van der Waals surface area contributed by atoms with Crippen LogP contribution >= 0.6 is 0 Å². The normalized spacial score (nSPS) is 21.7. The van der Waals surface area contributed by atoms with Gasteiger partial charge in [-0.25, -0.2) is 0 Å². The number of hydrogen-bond acceptors (Lipinski definition) is 2. The largest absolute Gasteiger partial charge is 0.369 e. The maximum atomic E-state index is 12.1. The van der Waals surface area contributed by atoms with E-state index in [1.807, 2.05) is 32.0 Å². The molecule has 1 aromatic carbocycles. The average molecular weight is 274 g/mol. The van der Waals surface area contributed by atoms with Gasteiger partial charge in [0.1, 0.15) is 0 Å². The zero-order valence-corrected chi connectivity index (χ0v) is 12.1. The predicted molar refractivity (Wildman–Crippen MR) is 78.1 cm³/mol. The number of aryl methyl sites for hydroxylation is 2. The van der Waals surface area contributed by atoms with E-state index >= 15 is 0 Å². The highest BCUT2D eigenvalue weighted by molar-refractivity contribution is 5.82. The third kappa shape index (κ3) is 3.38. The summed E-state index contributed by atoms with van der Waals surface area (Å²) >= 11 is 0. The van der Waals surface area contributed by atoms with Crippen LogP contribution in [0.3, 0.4) is 0 Å². The minimum atomic E-state index is -0.306. The lowest BCUT2D eigenvalue weighted by molar-refractivity contribution is -0.124. The van der Waals surface area contributed by atoms with Crippen molar-refractivity contribution in [3.63, 3.8) is 0 Å². The van der Waals surface area contributed by atoms with Gasteiger partial charge in [0.15, 0.2) is 0 Å². The minimum Gasteiger partial charge on any atom is -0.369 e. The van der Waals surface area contributed by atoms with E-state index in [4.69, 9.17) is 5.73 Å². The molecule has 1 aromatic rings. The Labute approximate surface area is 119 Å². The van der Waals surface area contributed by atoms with Gasteiger partial charge in [-0.3, -0.25) is 9.59 Å². The molecule has 0 spiro atoms. The van der Waals surface area contributed by atoms with Crippen LogP contribution in [0.1, 0.15) is 36.0 Å². The summed E-state index contributed by atoms with van der Waals surface area (Å²) in [6, 6.07) is 6.01. The monoisotopic (exact) mass is 274 g/mol. The maximum Gasteiger partial charge on any atom is 0.224 e. The molecule has 1 fully saturated rings. The highest BCUT2D eigenvalue weighted by Crippen LogP contribution is 2.25. The number of rotatable bonds is 4. The molecular formula is C16H22N2O2. The molecule has 1 aliphatic carbocycles. The van der Waals surface area contributed by atoms with Gasteiger partial charge in [0.25, 0.3) is 0 Å². The van der Waals surface area contributed by atoms with Crippen molar-refractivity contribution in [1.82, 2.24) is 5.32 Å². The van der Waals surface area contributed by atoms with E-state index in [0.717, 1.165) is 36.0 Å². The highest BCUT2D eigenvalue weighted by Gasteiger charge is 2.32. The molecule has 0 heterocycles. The number of amides is 2. The molecule has 0 radical (unpaired) electrons. The van der Waals surface area contributed by atoms with Crippen molar-refractivity contribution in [1.29, 1.82) is 0 Å². The van der Waals surface area contributed by atoms with Crippen LogP contribution in [0, 0.1) is 19.8 Å². The van der Waals surface area contributed by atoms with E-state index in [1.165, 1.54) is 0 Å². The molecule has 3 N–H and O–H groups in total. The molecule has 20 heavy (non-hydrogen) atoms. The highest BCUT2D eigenvalue weighted by atomic mass is 16.2. The number of nitrogens with two attached hydrogens (primary N) is 1. The lowest BCUT2D eigenvalue weighted by Crippen LogP contribution is -2.42. The zero-order valence-electron chi connectivity index (χ0n) is 12.1. The Bertz CT molecular complexity index is 525. The Morgan fingerprint density at radius 2 is 2.05 bits per heavy atom. The quantitative estimate of drug-likeness (QED) is 0.875. The fourth-order valence-corrected chi connectivity index (χ4v) is 2.89. The van der Waals surface area contributed by atoms with Crippen molar-refractivity contribution in [2.75, 3.05) is 0 Å². The van der Waals surface area contributed by atoms with Crippen LogP contribution in [0.25, 0.3) is 0 Å². The van der Waals surface area contributed by atoms with Crippen LogP contribution in [0.15, 0.2) is 18.2 Å². The van der Waals surface area contributed by atoms with Gasteiger partial charge in [0.05, 0.1) is 12.3 Å². The number of carbonyl (C=O) groups excluding carboxylic acids is 2. The molecular weight excluding hydrogens is 252 g/mol. The Balaban J connectivity index is 1.99. The first kappa shape index (κ1) is 14.6. The molecule has 2 unspecified atom stereocenters. The van der Waals surface area contributed by atoms with Crippen LogP contribution in [-0.2, 0) is 16.0 Å². The van der Waals surface area contributed by atoms with Gasteiger partial charge in [-0.05, 0) is 37.8 Å². The van der Waals surface area contributed by atoms with Gasteiger partial charge in [-0.15, -0.1) is 0 Å². The second-order valence-corrected chi connectivity index (χ2v) is 5.72. The van der Waals surface area contributed by atoms with E-state index in [9.17, 15) is 9.59 Å². The Hall–Kier alpha value is -1.84. The first-order valence-corrected chi connectivity index (χ1v) is 7.12. The summed E-state index contributed by atoms with van der Waals surface area (Å²) in [5, 5.41) is 2.97. The van der Waals surface area contributed by atoms with Crippen molar-refractivity contribution in [2.24, 2.45) is 11.7 Å². The van der Waals surface area contributed by atoms with Gasteiger partial charge < -0.3 is 11.1 Å². The number of carbonyl (C=O) groups is 2. The van der Waals surface area contributed by atoms with Crippen LogP contribution in [0.5, 0.6) is 0 Å².